The van der Waals surface area contributed by atoms with Crippen molar-refractivity contribution in [1.82, 2.24) is 10.1 Å². The van der Waals surface area contributed by atoms with Crippen LogP contribution in [0.4, 0.5) is 0 Å². The van der Waals surface area contributed by atoms with Gasteiger partial charge in [-0.2, -0.15) is 0 Å². The Bertz CT molecular complexity index is 477. The highest BCUT2D eigenvalue weighted by Gasteiger charge is 2.09. The average molecular weight is 220 g/mol. The van der Waals surface area contributed by atoms with Gasteiger partial charge in [-0.3, -0.25) is 0 Å². The number of benzene rings is 1. The third-order valence-corrected chi connectivity index (χ3v) is 2.54. The largest absolute Gasteiger partial charge is 0.497 e. The van der Waals surface area contributed by atoms with E-state index < -0.39 is 0 Å². The molecule has 0 aliphatic rings. The van der Waals surface area contributed by atoms with Gasteiger partial charge in [0.05, 0.1) is 7.11 Å². The van der Waals surface area contributed by atoms with Gasteiger partial charge in [-0.15, -0.1) is 0 Å². The second-order valence-electron chi connectivity index (χ2n) is 4.04. The van der Waals surface area contributed by atoms with Crippen molar-refractivity contribution in [3.8, 4) is 5.75 Å². The number of nitrogens with zero attached hydrogens (tertiary/aromatic N) is 2. The summed E-state index contributed by atoms with van der Waals surface area (Å²) in [6, 6.07) is 5.77. The zero-order valence-corrected chi connectivity index (χ0v) is 9.86. The third kappa shape index (κ3) is 2.17. The molecule has 0 aliphatic heterocycles. The van der Waals surface area contributed by atoms with E-state index in [9.17, 15) is 0 Å². The highest BCUT2D eigenvalue weighted by molar-refractivity contribution is 5.81. The summed E-state index contributed by atoms with van der Waals surface area (Å²) >= 11 is 0. The van der Waals surface area contributed by atoms with E-state index in [1.54, 1.807) is 7.11 Å². The Balaban J connectivity index is 2.30. The molecule has 2 aromatic rings. The van der Waals surface area contributed by atoms with Crippen LogP contribution in [0.15, 0.2) is 22.7 Å². The minimum Gasteiger partial charge on any atom is -0.497 e. The molecule has 1 aromatic heterocycles. The van der Waals surface area contributed by atoms with Crippen LogP contribution in [0.5, 0.6) is 5.75 Å². The maximum Gasteiger partial charge on any atom is 0.145 e. The quantitative estimate of drug-likeness (QED) is 0.789. The van der Waals surface area contributed by atoms with Crippen molar-refractivity contribution in [1.29, 1.82) is 0 Å². The number of rotatable bonds is 4. The summed E-state index contributed by atoms with van der Waals surface area (Å²) in [4.78, 5) is 2.12. The predicted molar refractivity (Wildman–Crippen MR) is 62.8 cm³/mol. The molecule has 4 nitrogen and oxygen atoms in total. The minimum absolute atomic E-state index is 0.835. The van der Waals surface area contributed by atoms with Crippen LogP contribution in [0.25, 0.3) is 10.9 Å². The summed E-state index contributed by atoms with van der Waals surface area (Å²) in [7, 11) is 5.74. The van der Waals surface area contributed by atoms with Crippen LogP contribution in [0.1, 0.15) is 5.76 Å². The van der Waals surface area contributed by atoms with Gasteiger partial charge in [0.1, 0.15) is 17.0 Å². The molecule has 0 fully saturated rings. The first-order valence-electron chi connectivity index (χ1n) is 5.27. The van der Waals surface area contributed by atoms with Crippen LogP contribution < -0.4 is 4.74 Å². The van der Waals surface area contributed by atoms with Crippen molar-refractivity contribution in [2.75, 3.05) is 27.7 Å². The van der Waals surface area contributed by atoms with Gasteiger partial charge in [0.2, 0.25) is 0 Å². The fourth-order valence-corrected chi connectivity index (χ4v) is 1.60. The highest BCUT2D eigenvalue weighted by Crippen LogP contribution is 2.23. The zero-order valence-electron chi connectivity index (χ0n) is 9.86. The van der Waals surface area contributed by atoms with Crippen molar-refractivity contribution < 1.29 is 9.26 Å². The molecule has 1 heterocycles. The van der Waals surface area contributed by atoms with Gasteiger partial charge >= 0.3 is 0 Å². The van der Waals surface area contributed by atoms with E-state index in [4.69, 9.17) is 9.26 Å². The van der Waals surface area contributed by atoms with Crippen LogP contribution in [-0.2, 0) is 6.42 Å². The predicted octanol–water partition coefficient (Wildman–Crippen LogP) is 1.94. The second-order valence-corrected chi connectivity index (χ2v) is 4.04. The molecule has 4 heteroatoms. The van der Waals surface area contributed by atoms with E-state index in [0.29, 0.717) is 0 Å². The van der Waals surface area contributed by atoms with Gasteiger partial charge in [0.15, 0.2) is 0 Å². The lowest BCUT2D eigenvalue weighted by atomic mass is 10.1. The third-order valence-electron chi connectivity index (χ3n) is 2.54. The molecule has 0 spiro atoms. The average Bonchev–Trinajstić information content (AvgIpc) is 2.68. The summed E-state index contributed by atoms with van der Waals surface area (Å²) in [6.07, 6.45) is 0.858. The maximum atomic E-state index is 5.33. The van der Waals surface area contributed by atoms with Gasteiger partial charge in [0, 0.05) is 18.4 Å². The van der Waals surface area contributed by atoms with Crippen LogP contribution in [-0.4, -0.2) is 37.8 Å². The lowest BCUT2D eigenvalue weighted by molar-refractivity contribution is 0.354. The van der Waals surface area contributed by atoms with Crippen molar-refractivity contribution in [3.05, 3.63) is 24.0 Å². The first kappa shape index (κ1) is 11.0. The fraction of sp³-hybridized carbons (Fsp3) is 0.417. The first-order chi connectivity index (χ1) is 7.70. The van der Waals surface area contributed by atoms with Crippen LogP contribution in [0, 0.1) is 0 Å². The zero-order chi connectivity index (χ0) is 11.5. The van der Waals surface area contributed by atoms with Gasteiger partial charge in [-0.1, -0.05) is 5.16 Å². The summed E-state index contributed by atoms with van der Waals surface area (Å²) in [5.74, 6) is 1.75. The molecular weight excluding hydrogens is 204 g/mol. The molecule has 2 rings (SSSR count). The second kappa shape index (κ2) is 4.53. The molecule has 0 radical (unpaired) electrons. The SMILES string of the molecule is COc1ccc2noc(CCN(C)C)c2c1. The molecule has 86 valence electrons. The van der Waals surface area contributed by atoms with Crippen LogP contribution >= 0.6 is 0 Å². The van der Waals surface area contributed by atoms with Crippen molar-refractivity contribution in [3.63, 3.8) is 0 Å². The molecule has 0 unspecified atom stereocenters. The van der Waals surface area contributed by atoms with Crippen molar-refractivity contribution in [2.45, 2.75) is 6.42 Å². The lowest BCUT2D eigenvalue weighted by Crippen LogP contribution is -2.14. The number of ether oxygens (including phenoxy) is 1. The van der Waals surface area contributed by atoms with E-state index in [1.807, 2.05) is 32.3 Å². The Morgan fingerprint density at radius 1 is 1.38 bits per heavy atom. The van der Waals surface area contributed by atoms with E-state index in [-0.39, 0.29) is 0 Å². The van der Waals surface area contributed by atoms with Gasteiger partial charge in [-0.25, -0.2) is 0 Å². The normalized spacial score (nSPS) is 11.2. The lowest BCUT2D eigenvalue weighted by Gasteiger charge is -2.06. The molecule has 1 aromatic carbocycles. The molecule has 0 bridgehead atoms. The monoisotopic (exact) mass is 220 g/mol. The van der Waals surface area contributed by atoms with E-state index in [1.165, 1.54) is 0 Å². The topological polar surface area (TPSA) is 38.5 Å². The summed E-state index contributed by atoms with van der Waals surface area (Å²) < 4.78 is 10.5. The number of aromatic nitrogens is 1. The van der Waals surface area contributed by atoms with Crippen molar-refractivity contribution in [2.24, 2.45) is 0 Å². The Kier molecular flexibility index (Phi) is 3.10. The fourth-order valence-electron chi connectivity index (χ4n) is 1.60. The van der Waals surface area contributed by atoms with Gasteiger partial charge in [-0.05, 0) is 32.3 Å². The molecule has 0 amide bonds. The molecule has 0 atom stereocenters. The highest BCUT2D eigenvalue weighted by atomic mass is 16.5. The van der Waals surface area contributed by atoms with E-state index in [2.05, 4.69) is 10.1 Å². The summed E-state index contributed by atoms with van der Waals surface area (Å²) in [5.41, 5.74) is 0.884. The molecule has 0 N–H and O–H groups in total. The standard InChI is InChI=1S/C12H16N2O2/c1-14(2)7-6-12-10-8-9(15-3)4-5-11(10)13-16-12/h4-5,8H,6-7H2,1-3H3. The Labute approximate surface area is 94.8 Å². The van der Waals surface area contributed by atoms with E-state index >= 15 is 0 Å². The summed E-state index contributed by atoms with van der Waals surface area (Å²) in [6.45, 7) is 0.946. The number of hydrogen-bond donors (Lipinski definition) is 0. The van der Waals surface area contributed by atoms with E-state index in [0.717, 1.165) is 35.4 Å². The smallest absolute Gasteiger partial charge is 0.145 e. The van der Waals surface area contributed by atoms with Crippen LogP contribution in [0.2, 0.25) is 0 Å². The number of hydrogen-bond acceptors (Lipinski definition) is 4. The molecule has 16 heavy (non-hydrogen) atoms. The molecule has 0 saturated carbocycles. The number of likely N-dealkylation sites (N-methyl/N-ethyl adjacent to an activating group) is 1. The summed E-state index contributed by atoms with van der Waals surface area (Å²) in [5, 5.41) is 5.07. The van der Waals surface area contributed by atoms with Gasteiger partial charge < -0.3 is 14.2 Å². The Hall–Kier alpha value is -1.55. The van der Waals surface area contributed by atoms with Crippen LogP contribution in [0.3, 0.4) is 0 Å². The minimum atomic E-state index is 0.835. The Morgan fingerprint density at radius 3 is 2.88 bits per heavy atom. The number of fused-ring (bicyclic) bond motifs is 1. The maximum absolute atomic E-state index is 5.33. The Morgan fingerprint density at radius 2 is 2.19 bits per heavy atom. The molecular formula is C12H16N2O2. The van der Waals surface area contributed by atoms with Gasteiger partial charge in [0.25, 0.3) is 0 Å². The number of methoxy groups -OCH3 is 1. The first-order valence-corrected chi connectivity index (χ1v) is 5.27. The molecule has 0 aliphatic carbocycles. The van der Waals surface area contributed by atoms with Crippen molar-refractivity contribution >= 4 is 10.9 Å². The molecule has 0 saturated heterocycles.